The molecule has 4 nitrogen and oxygen atoms in total. The van der Waals surface area contributed by atoms with E-state index in [0.717, 1.165) is 28.1 Å². The third kappa shape index (κ3) is 4.19. The van der Waals surface area contributed by atoms with Crippen molar-refractivity contribution in [3.63, 3.8) is 0 Å². The first kappa shape index (κ1) is 18.7. The van der Waals surface area contributed by atoms with E-state index in [-0.39, 0.29) is 6.54 Å². The second-order valence-electron chi connectivity index (χ2n) is 6.30. The Morgan fingerprint density at radius 2 is 1.48 bits per heavy atom. The van der Waals surface area contributed by atoms with Crippen molar-refractivity contribution < 1.29 is 18.0 Å². The second-order valence-corrected chi connectivity index (χ2v) is 6.30. The van der Waals surface area contributed by atoms with Crippen LogP contribution in [0.3, 0.4) is 0 Å². The van der Waals surface area contributed by atoms with Crippen LogP contribution in [-0.4, -0.2) is 15.7 Å². The summed E-state index contributed by atoms with van der Waals surface area (Å²) in [5.41, 5.74) is -0.134. The van der Waals surface area contributed by atoms with E-state index in [9.17, 15) is 18.0 Å². The molecule has 1 N–H and O–H groups in total. The summed E-state index contributed by atoms with van der Waals surface area (Å²) < 4.78 is 39.0. The van der Waals surface area contributed by atoms with E-state index in [2.05, 4.69) is 10.4 Å². The van der Waals surface area contributed by atoms with E-state index in [1.165, 1.54) is 0 Å². The number of carbonyl (C=O) groups excluding carboxylic acids is 1. The molecule has 0 aliphatic rings. The molecule has 0 aliphatic carbocycles. The molecule has 0 bridgehead atoms. The molecule has 0 saturated carbocycles. The van der Waals surface area contributed by atoms with Gasteiger partial charge in [-0.2, -0.15) is 18.3 Å². The first-order valence-electron chi connectivity index (χ1n) is 8.32. The number of nitrogens with one attached hydrogen (secondary N) is 1. The standard InChI is InChI=1S/C20H18F3N3O/c1-19(15-8-4-2-5-9-15,16-10-6-3-7-11-16)24-18(27)14-26-13-12-17(25-26)20(21,22)23/h2-13H,14H2,1H3,(H,24,27). The fourth-order valence-electron chi connectivity index (χ4n) is 2.92. The van der Waals surface area contributed by atoms with Gasteiger partial charge >= 0.3 is 6.18 Å². The maximum absolute atomic E-state index is 12.7. The van der Waals surface area contributed by atoms with Crippen molar-refractivity contribution in [2.75, 3.05) is 0 Å². The van der Waals surface area contributed by atoms with Crippen LogP contribution in [0.2, 0.25) is 0 Å². The van der Waals surface area contributed by atoms with Crippen molar-refractivity contribution in [3.8, 4) is 0 Å². The lowest BCUT2D eigenvalue weighted by molar-refractivity contribution is -0.141. The Labute approximate surface area is 154 Å². The number of hydrogen-bond donors (Lipinski definition) is 1. The van der Waals surface area contributed by atoms with Crippen molar-refractivity contribution in [1.82, 2.24) is 15.1 Å². The molecule has 0 aliphatic heterocycles. The van der Waals surface area contributed by atoms with E-state index < -0.39 is 23.3 Å². The minimum atomic E-state index is -4.54. The van der Waals surface area contributed by atoms with Gasteiger partial charge < -0.3 is 5.32 Å². The second kappa shape index (κ2) is 7.26. The molecule has 0 unspecified atom stereocenters. The number of hydrogen-bond acceptors (Lipinski definition) is 2. The number of nitrogens with zero attached hydrogens (tertiary/aromatic N) is 2. The Hall–Kier alpha value is -3.09. The zero-order valence-corrected chi connectivity index (χ0v) is 14.6. The van der Waals surface area contributed by atoms with Crippen LogP contribution in [0.4, 0.5) is 13.2 Å². The number of rotatable bonds is 5. The van der Waals surface area contributed by atoms with Crippen LogP contribution >= 0.6 is 0 Å². The first-order valence-corrected chi connectivity index (χ1v) is 8.32. The summed E-state index contributed by atoms with van der Waals surface area (Å²) in [7, 11) is 0. The number of carbonyl (C=O) groups is 1. The van der Waals surface area contributed by atoms with Crippen molar-refractivity contribution in [2.45, 2.75) is 25.2 Å². The fraction of sp³-hybridized carbons (Fsp3) is 0.200. The van der Waals surface area contributed by atoms with Gasteiger partial charge in [-0.1, -0.05) is 60.7 Å². The Kier molecular flexibility index (Phi) is 5.03. The molecule has 2 aromatic carbocycles. The van der Waals surface area contributed by atoms with Gasteiger partial charge in [-0.25, -0.2) is 0 Å². The molecule has 27 heavy (non-hydrogen) atoms. The summed E-state index contributed by atoms with van der Waals surface area (Å²) in [4.78, 5) is 12.6. The normalized spacial score (nSPS) is 12.0. The first-order chi connectivity index (χ1) is 12.8. The Morgan fingerprint density at radius 3 is 1.93 bits per heavy atom. The highest BCUT2D eigenvalue weighted by molar-refractivity contribution is 5.77. The van der Waals surface area contributed by atoms with Crippen molar-refractivity contribution in [2.24, 2.45) is 0 Å². The molecule has 0 fully saturated rings. The predicted molar refractivity (Wildman–Crippen MR) is 94.7 cm³/mol. The smallest absolute Gasteiger partial charge is 0.341 e. The van der Waals surface area contributed by atoms with Crippen LogP contribution in [0, 0.1) is 0 Å². The lowest BCUT2D eigenvalue weighted by Gasteiger charge is -2.32. The molecule has 0 saturated heterocycles. The SMILES string of the molecule is CC(NC(=O)Cn1ccc(C(F)(F)F)n1)(c1ccccc1)c1ccccc1. The fourth-order valence-corrected chi connectivity index (χ4v) is 2.92. The van der Waals surface area contributed by atoms with Crippen LogP contribution in [-0.2, 0) is 23.1 Å². The molecule has 1 aromatic heterocycles. The van der Waals surface area contributed by atoms with Gasteiger partial charge in [0.25, 0.3) is 0 Å². The zero-order valence-electron chi connectivity index (χ0n) is 14.6. The van der Waals surface area contributed by atoms with Crippen LogP contribution < -0.4 is 5.32 Å². The molecule has 140 valence electrons. The Balaban J connectivity index is 1.85. The van der Waals surface area contributed by atoms with E-state index >= 15 is 0 Å². The number of benzene rings is 2. The summed E-state index contributed by atoms with van der Waals surface area (Å²) in [5, 5.41) is 6.37. The zero-order chi connectivity index (χ0) is 19.5. The summed E-state index contributed by atoms with van der Waals surface area (Å²) in [5.74, 6) is -0.443. The molecule has 1 amide bonds. The molecular weight excluding hydrogens is 355 g/mol. The minimum absolute atomic E-state index is 0.314. The molecular formula is C20H18F3N3O. The third-order valence-electron chi connectivity index (χ3n) is 4.33. The highest BCUT2D eigenvalue weighted by Gasteiger charge is 2.34. The number of halogens is 3. The largest absolute Gasteiger partial charge is 0.435 e. The third-order valence-corrected chi connectivity index (χ3v) is 4.33. The number of aromatic nitrogens is 2. The molecule has 0 atom stereocenters. The highest BCUT2D eigenvalue weighted by Crippen LogP contribution is 2.29. The van der Waals surface area contributed by atoms with Crippen LogP contribution in [0.15, 0.2) is 72.9 Å². The summed E-state index contributed by atoms with van der Waals surface area (Å²) >= 11 is 0. The molecule has 3 rings (SSSR count). The van der Waals surface area contributed by atoms with E-state index in [0.29, 0.717) is 0 Å². The number of amides is 1. The van der Waals surface area contributed by atoms with Gasteiger partial charge in [0.05, 0.1) is 5.54 Å². The van der Waals surface area contributed by atoms with E-state index in [1.807, 2.05) is 67.6 Å². The van der Waals surface area contributed by atoms with Gasteiger partial charge in [-0.05, 0) is 24.1 Å². The Bertz CT molecular complexity index is 865. The van der Waals surface area contributed by atoms with Crippen molar-refractivity contribution in [1.29, 1.82) is 0 Å². The Morgan fingerprint density at radius 1 is 0.963 bits per heavy atom. The average Bonchev–Trinajstić information content (AvgIpc) is 3.12. The molecule has 0 radical (unpaired) electrons. The van der Waals surface area contributed by atoms with Crippen molar-refractivity contribution in [3.05, 3.63) is 89.7 Å². The van der Waals surface area contributed by atoms with Gasteiger partial charge in [0.1, 0.15) is 6.54 Å². The topological polar surface area (TPSA) is 46.9 Å². The van der Waals surface area contributed by atoms with Gasteiger partial charge in [-0.15, -0.1) is 0 Å². The van der Waals surface area contributed by atoms with Gasteiger partial charge in [0.2, 0.25) is 5.91 Å². The summed E-state index contributed by atoms with van der Waals surface area (Å²) in [6.45, 7) is 1.55. The van der Waals surface area contributed by atoms with Gasteiger partial charge in [0.15, 0.2) is 5.69 Å². The van der Waals surface area contributed by atoms with Crippen LogP contribution in [0.25, 0.3) is 0 Å². The highest BCUT2D eigenvalue weighted by atomic mass is 19.4. The summed E-state index contributed by atoms with van der Waals surface area (Å²) in [6, 6.07) is 19.6. The predicted octanol–water partition coefficient (Wildman–Crippen LogP) is 3.98. The summed E-state index contributed by atoms with van der Waals surface area (Å²) in [6.07, 6.45) is -3.39. The average molecular weight is 373 g/mol. The molecule has 1 heterocycles. The lowest BCUT2D eigenvalue weighted by atomic mass is 9.84. The van der Waals surface area contributed by atoms with Crippen molar-refractivity contribution >= 4 is 5.91 Å². The van der Waals surface area contributed by atoms with Gasteiger partial charge in [0, 0.05) is 6.20 Å². The molecule has 7 heteroatoms. The minimum Gasteiger partial charge on any atom is -0.341 e. The van der Waals surface area contributed by atoms with Crippen LogP contribution in [0.1, 0.15) is 23.7 Å². The molecule has 3 aromatic rings. The van der Waals surface area contributed by atoms with E-state index in [4.69, 9.17) is 0 Å². The lowest BCUT2D eigenvalue weighted by Crippen LogP contribution is -2.45. The maximum atomic E-state index is 12.7. The van der Waals surface area contributed by atoms with Gasteiger partial charge in [-0.3, -0.25) is 9.48 Å². The maximum Gasteiger partial charge on any atom is 0.435 e. The molecule has 0 spiro atoms. The quantitative estimate of drug-likeness (QED) is 0.735. The van der Waals surface area contributed by atoms with Crippen LogP contribution in [0.5, 0.6) is 0 Å². The van der Waals surface area contributed by atoms with E-state index in [1.54, 1.807) is 0 Å². The monoisotopic (exact) mass is 373 g/mol. The number of alkyl halides is 3.